The fourth-order valence-corrected chi connectivity index (χ4v) is 7.95. The van der Waals surface area contributed by atoms with Crippen LogP contribution < -0.4 is 15.4 Å². The summed E-state index contributed by atoms with van der Waals surface area (Å²) in [5, 5.41) is 16.8. The van der Waals surface area contributed by atoms with Crippen LogP contribution in [0.3, 0.4) is 0 Å². The number of nitrogens with zero attached hydrogens (tertiary/aromatic N) is 1. The molecule has 3 aromatic carbocycles. The van der Waals surface area contributed by atoms with E-state index in [1.54, 1.807) is 72.8 Å². The summed E-state index contributed by atoms with van der Waals surface area (Å²) in [4.78, 5) is 43.7. The van der Waals surface area contributed by atoms with Gasteiger partial charge in [0.2, 0.25) is 17.7 Å². The Morgan fingerprint density at radius 2 is 1.77 bits per heavy atom. The average Bonchev–Trinajstić information content (AvgIpc) is 3.60. The van der Waals surface area contributed by atoms with Crippen molar-refractivity contribution in [1.29, 1.82) is 0 Å². The number of aliphatic hydroxyl groups is 1. The van der Waals surface area contributed by atoms with Crippen molar-refractivity contribution in [2.75, 3.05) is 23.8 Å². The highest BCUT2D eigenvalue weighted by molar-refractivity contribution is 9.09. The van der Waals surface area contributed by atoms with Gasteiger partial charge in [-0.1, -0.05) is 70.0 Å². The summed E-state index contributed by atoms with van der Waals surface area (Å²) in [5.74, 6) is -2.47. The maximum atomic E-state index is 14.5. The lowest BCUT2D eigenvalue weighted by molar-refractivity contribution is -0.143. The van der Waals surface area contributed by atoms with E-state index in [9.17, 15) is 19.5 Å². The van der Waals surface area contributed by atoms with Crippen LogP contribution in [-0.2, 0) is 19.1 Å². The van der Waals surface area contributed by atoms with E-state index in [2.05, 4.69) is 26.6 Å². The Hall–Kier alpha value is -3.44. The Morgan fingerprint density at radius 3 is 2.44 bits per heavy atom. The van der Waals surface area contributed by atoms with Crippen LogP contribution >= 0.6 is 27.5 Å². The van der Waals surface area contributed by atoms with Gasteiger partial charge < -0.3 is 30.1 Å². The molecule has 3 fully saturated rings. The zero-order valence-corrected chi connectivity index (χ0v) is 25.6. The van der Waals surface area contributed by atoms with Gasteiger partial charge in [-0.2, -0.15) is 0 Å². The summed E-state index contributed by atoms with van der Waals surface area (Å²) in [6, 6.07) is 20.9. The first-order valence-electron chi connectivity index (χ1n) is 14.2. The van der Waals surface area contributed by atoms with E-state index < -0.39 is 54.0 Å². The maximum Gasteiger partial charge on any atom is 0.250 e. The third-order valence-electron chi connectivity index (χ3n) is 8.54. The molecule has 0 saturated carbocycles. The lowest BCUT2D eigenvalue weighted by atomic mass is 9.70. The topological polar surface area (TPSA) is 117 Å². The summed E-state index contributed by atoms with van der Waals surface area (Å²) in [6.45, 7) is 1.98. The molecular weight excluding hydrogens is 638 g/mol. The van der Waals surface area contributed by atoms with Gasteiger partial charge in [0.05, 0.1) is 47.9 Å². The van der Waals surface area contributed by atoms with Crippen molar-refractivity contribution in [3.05, 3.63) is 89.4 Å². The van der Waals surface area contributed by atoms with E-state index in [4.69, 9.17) is 21.1 Å². The molecule has 3 aliphatic rings. The van der Waals surface area contributed by atoms with Gasteiger partial charge >= 0.3 is 0 Å². The molecule has 224 valence electrons. The molecule has 0 aromatic heterocycles. The highest BCUT2D eigenvalue weighted by atomic mass is 79.9. The number of anilines is 2. The Kier molecular flexibility index (Phi) is 8.21. The largest absolute Gasteiger partial charge is 0.494 e. The third-order valence-corrected chi connectivity index (χ3v) is 9.71. The summed E-state index contributed by atoms with van der Waals surface area (Å²) in [6.07, 6.45) is -0.316. The molecule has 6 rings (SSSR count). The predicted molar refractivity (Wildman–Crippen MR) is 165 cm³/mol. The molecule has 7 atom stereocenters. The second kappa shape index (κ2) is 11.9. The number of carbonyl (C=O) groups is 3. The Labute approximate surface area is 262 Å². The standard InChI is InChI=1S/C32H31BrClN3O6/c1-2-42-20-14-12-19(13-15-20)35-29(39)25-26-31(41)37(24(17-38)18-8-4-3-5-9-18)28(32(26)16-21(33)27(25)43-32)30(40)36-23-11-7-6-10-22(23)34/h3-15,21,24-28,38H,2,16-17H2,1H3,(H,35,39)(H,36,40)/t21?,24-,25-,26+,27-,28?,32?/m1/s1. The lowest BCUT2D eigenvalue weighted by Crippen LogP contribution is -2.55. The average molecular weight is 669 g/mol. The minimum atomic E-state index is -1.32. The first kappa shape index (κ1) is 29.6. The van der Waals surface area contributed by atoms with Crippen LogP contribution in [-0.4, -0.2) is 63.5 Å². The van der Waals surface area contributed by atoms with Crippen LogP contribution in [0.25, 0.3) is 0 Å². The van der Waals surface area contributed by atoms with Gasteiger partial charge in [0.1, 0.15) is 17.4 Å². The van der Waals surface area contributed by atoms with Crippen LogP contribution in [0.2, 0.25) is 5.02 Å². The molecule has 3 saturated heterocycles. The van der Waals surface area contributed by atoms with Crippen molar-refractivity contribution in [3.8, 4) is 5.75 Å². The van der Waals surface area contributed by atoms with Gasteiger partial charge in [0, 0.05) is 10.5 Å². The number of ether oxygens (including phenoxy) is 2. The molecule has 3 aromatic rings. The van der Waals surface area contributed by atoms with Crippen LogP contribution in [0.4, 0.5) is 11.4 Å². The number of para-hydroxylation sites is 1. The quantitative estimate of drug-likeness (QED) is 0.282. The number of halogens is 2. The van der Waals surface area contributed by atoms with Crippen LogP contribution in [0.5, 0.6) is 5.75 Å². The minimum absolute atomic E-state index is 0.285. The zero-order valence-electron chi connectivity index (χ0n) is 23.3. The molecule has 11 heteroatoms. The van der Waals surface area contributed by atoms with E-state index in [0.717, 1.165) is 0 Å². The van der Waals surface area contributed by atoms with Crippen molar-refractivity contribution >= 4 is 56.6 Å². The normalized spacial score (nSPS) is 28.0. The SMILES string of the molecule is CCOc1ccc(NC(=O)[C@H]2[C@@H]3OC4(CC3Br)C(C(=O)Nc3ccccc3Cl)N([C@H](CO)c3ccccc3)C(=O)[C@H]24)cc1. The Bertz CT molecular complexity index is 1520. The van der Waals surface area contributed by atoms with Gasteiger partial charge in [-0.15, -0.1) is 0 Å². The Morgan fingerprint density at radius 1 is 1.07 bits per heavy atom. The highest BCUT2D eigenvalue weighted by Gasteiger charge is 2.77. The number of carbonyl (C=O) groups excluding carboxylic acids is 3. The number of aliphatic hydroxyl groups excluding tert-OH is 1. The number of rotatable bonds is 9. The van der Waals surface area contributed by atoms with Gasteiger partial charge in [0.25, 0.3) is 0 Å². The van der Waals surface area contributed by atoms with Crippen molar-refractivity contribution in [2.45, 2.75) is 42.0 Å². The fraction of sp³-hybridized carbons (Fsp3) is 0.344. The van der Waals surface area contributed by atoms with Crippen LogP contribution in [0, 0.1) is 11.8 Å². The molecule has 3 amide bonds. The second-order valence-corrected chi connectivity index (χ2v) is 12.5. The molecular formula is C32H31BrClN3O6. The van der Waals surface area contributed by atoms with Gasteiger partial charge in [-0.25, -0.2) is 0 Å². The molecule has 0 aliphatic carbocycles. The van der Waals surface area contributed by atoms with E-state index in [1.807, 2.05) is 13.0 Å². The number of fused-ring (bicyclic) bond motifs is 1. The van der Waals surface area contributed by atoms with Gasteiger partial charge in [0.15, 0.2) is 0 Å². The smallest absolute Gasteiger partial charge is 0.250 e. The summed E-state index contributed by atoms with van der Waals surface area (Å²) in [5.41, 5.74) is 0.272. The Balaban J connectivity index is 1.39. The maximum absolute atomic E-state index is 14.5. The number of amides is 3. The number of hydrogen-bond acceptors (Lipinski definition) is 6. The number of nitrogens with one attached hydrogen (secondary N) is 2. The molecule has 2 bridgehead atoms. The van der Waals surface area contributed by atoms with E-state index in [0.29, 0.717) is 40.7 Å². The summed E-state index contributed by atoms with van der Waals surface area (Å²) in [7, 11) is 0. The molecule has 3 unspecified atom stereocenters. The van der Waals surface area contributed by atoms with E-state index in [-0.39, 0.29) is 10.7 Å². The van der Waals surface area contributed by atoms with Crippen molar-refractivity contribution in [2.24, 2.45) is 11.8 Å². The molecule has 3 heterocycles. The van der Waals surface area contributed by atoms with Crippen LogP contribution in [0.1, 0.15) is 24.9 Å². The fourth-order valence-electron chi connectivity index (χ4n) is 6.82. The molecule has 1 spiro atoms. The highest BCUT2D eigenvalue weighted by Crippen LogP contribution is 2.61. The van der Waals surface area contributed by atoms with Gasteiger partial charge in [-0.3, -0.25) is 14.4 Å². The number of alkyl halides is 1. The first-order valence-corrected chi connectivity index (χ1v) is 15.5. The molecule has 3 N–H and O–H groups in total. The van der Waals surface area contributed by atoms with Crippen molar-refractivity contribution in [1.82, 2.24) is 4.90 Å². The number of likely N-dealkylation sites (tertiary alicyclic amines) is 1. The second-order valence-electron chi connectivity index (χ2n) is 10.9. The van der Waals surface area contributed by atoms with Crippen molar-refractivity contribution < 1.29 is 29.0 Å². The van der Waals surface area contributed by atoms with E-state index >= 15 is 0 Å². The molecule has 9 nitrogen and oxygen atoms in total. The third kappa shape index (κ3) is 5.10. The zero-order chi connectivity index (χ0) is 30.3. The van der Waals surface area contributed by atoms with E-state index in [1.165, 1.54) is 4.90 Å². The van der Waals surface area contributed by atoms with Crippen molar-refractivity contribution in [3.63, 3.8) is 0 Å². The molecule has 43 heavy (non-hydrogen) atoms. The number of benzene rings is 3. The molecule has 0 radical (unpaired) electrons. The summed E-state index contributed by atoms with van der Waals surface area (Å²) < 4.78 is 12.1. The predicted octanol–water partition coefficient (Wildman–Crippen LogP) is 4.80. The monoisotopic (exact) mass is 667 g/mol. The van der Waals surface area contributed by atoms with Crippen LogP contribution in [0.15, 0.2) is 78.9 Å². The first-order chi connectivity index (χ1) is 20.8. The molecule has 3 aliphatic heterocycles. The van der Waals surface area contributed by atoms with Gasteiger partial charge in [-0.05, 0) is 55.3 Å². The lowest BCUT2D eigenvalue weighted by Gasteiger charge is -2.37. The number of hydrogen-bond donors (Lipinski definition) is 3. The minimum Gasteiger partial charge on any atom is -0.494 e. The summed E-state index contributed by atoms with van der Waals surface area (Å²) >= 11 is 10.1.